The number of hydrogen-bond acceptors (Lipinski definition) is 4. The number of aromatic nitrogens is 1. The van der Waals surface area contributed by atoms with Crippen LogP contribution >= 0.6 is 0 Å². The first-order valence-corrected chi connectivity index (χ1v) is 8.41. The molecule has 1 aliphatic heterocycles. The summed E-state index contributed by atoms with van der Waals surface area (Å²) in [7, 11) is 1.77. The summed E-state index contributed by atoms with van der Waals surface area (Å²) in [4.78, 5) is 15.5. The summed E-state index contributed by atoms with van der Waals surface area (Å²) in [5, 5.41) is 4.21. The van der Waals surface area contributed by atoms with Gasteiger partial charge in [0.15, 0.2) is 5.76 Å². The van der Waals surface area contributed by atoms with Gasteiger partial charge in [-0.05, 0) is 31.3 Å². The average Bonchev–Trinajstić information content (AvgIpc) is 3.04. The molecule has 0 unspecified atom stereocenters. The zero-order valence-corrected chi connectivity index (χ0v) is 14.0. The lowest BCUT2D eigenvalue weighted by Crippen LogP contribution is -2.38. The van der Waals surface area contributed by atoms with Crippen molar-refractivity contribution in [1.29, 1.82) is 0 Å². The van der Waals surface area contributed by atoms with Crippen molar-refractivity contribution in [2.45, 2.75) is 45.2 Å². The molecule has 1 aromatic heterocycles. The molecular weight excluding hydrogens is 290 g/mol. The van der Waals surface area contributed by atoms with Crippen molar-refractivity contribution in [1.82, 2.24) is 15.0 Å². The number of amides is 1. The molecule has 1 aromatic rings. The van der Waals surface area contributed by atoms with E-state index >= 15 is 0 Å². The smallest absolute Gasteiger partial charge is 0.219 e. The number of hydrogen-bond donors (Lipinski definition) is 0. The van der Waals surface area contributed by atoms with Gasteiger partial charge in [0.1, 0.15) is 5.69 Å². The average molecular weight is 315 g/mol. The van der Waals surface area contributed by atoms with Crippen LogP contribution in [0, 0.1) is 0 Å². The number of carbonyl (C=O) groups excluding carboxylic acids is 1. The molecule has 3 rings (SSSR count). The van der Waals surface area contributed by atoms with E-state index in [1.54, 1.807) is 18.9 Å². The molecule has 0 N–H and O–H groups in total. The molecule has 0 saturated carbocycles. The van der Waals surface area contributed by atoms with Gasteiger partial charge in [0.05, 0.1) is 6.54 Å². The molecule has 23 heavy (non-hydrogen) atoms. The molecule has 2 heterocycles. The number of nitrogens with zero attached hydrogens (tertiary/aromatic N) is 3. The Morgan fingerprint density at radius 1 is 1.48 bits per heavy atom. The van der Waals surface area contributed by atoms with Crippen LogP contribution in [0.3, 0.4) is 0 Å². The van der Waals surface area contributed by atoms with Crippen molar-refractivity contribution in [3.8, 4) is 0 Å². The topological polar surface area (TPSA) is 49.6 Å². The first kappa shape index (κ1) is 16.0. The second-order valence-corrected chi connectivity index (χ2v) is 6.47. The highest BCUT2D eigenvalue weighted by atomic mass is 16.5. The third kappa shape index (κ3) is 3.91. The van der Waals surface area contributed by atoms with Crippen molar-refractivity contribution in [3.63, 3.8) is 0 Å². The molecule has 124 valence electrons. The molecule has 5 heteroatoms. The zero-order chi connectivity index (χ0) is 16.2. The minimum atomic E-state index is 0.0232. The molecule has 0 spiro atoms. The first-order chi connectivity index (χ1) is 11.1. The Kier molecular flexibility index (Phi) is 4.96. The predicted molar refractivity (Wildman–Crippen MR) is 89.6 cm³/mol. The summed E-state index contributed by atoms with van der Waals surface area (Å²) in [6, 6.07) is 2.52. The molecule has 0 radical (unpaired) electrons. The zero-order valence-electron chi connectivity index (χ0n) is 14.0. The Bertz CT molecular complexity index is 618. The lowest BCUT2D eigenvalue weighted by Gasteiger charge is -2.34. The highest BCUT2D eigenvalue weighted by Crippen LogP contribution is 2.25. The van der Waals surface area contributed by atoms with E-state index in [1.807, 2.05) is 6.07 Å². The van der Waals surface area contributed by atoms with Gasteiger partial charge in [0, 0.05) is 39.2 Å². The number of carbonyl (C=O) groups is 1. The fraction of sp³-hybridized carbons (Fsp3) is 0.556. The Morgan fingerprint density at radius 2 is 2.35 bits per heavy atom. The molecule has 1 aliphatic carbocycles. The second kappa shape index (κ2) is 7.13. The molecule has 0 fully saturated rings. The van der Waals surface area contributed by atoms with Gasteiger partial charge in [-0.2, -0.15) is 0 Å². The summed E-state index contributed by atoms with van der Waals surface area (Å²) < 4.78 is 5.40. The van der Waals surface area contributed by atoms with Crippen LogP contribution in [0.25, 0.3) is 5.57 Å². The van der Waals surface area contributed by atoms with Crippen molar-refractivity contribution in [2.75, 3.05) is 20.1 Å². The summed E-state index contributed by atoms with van der Waals surface area (Å²) in [5.74, 6) is 0.753. The standard InChI is InChI=1S/C18H25N3O2/c1-14(22)20(2)13-17-11-18(19-23-17)15-7-6-10-21(12-15)16-8-4-3-5-9-16/h4,7-8,11,16H,3,5-6,9-10,12-13H2,1-2H3/t16-/m0/s1. The SMILES string of the molecule is CC(=O)N(C)Cc1cc(C2=CCCN([C@H]3C=CCCC3)C2)no1. The summed E-state index contributed by atoms with van der Waals surface area (Å²) in [6.07, 6.45) is 11.7. The fourth-order valence-electron chi connectivity index (χ4n) is 3.22. The largest absolute Gasteiger partial charge is 0.359 e. The van der Waals surface area contributed by atoms with E-state index in [1.165, 1.54) is 24.8 Å². The normalized spacial score (nSPS) is 22.0. The van der Waals surface area contributed by atoms with E-state index in [0.29, 0.717) is 12.6 Å². The van der Waals surface area contributed by atoms with Crippen LogP contribution in [0.15, 0.2) is 28.8 Å². The lowest BCUT2D eigenvalue weighted by molar-refractivity contribution is -0.128. The van der Waals surface area contributed by atoms with Crippen molar-refractivity contribution in [2.24, 2.45) is 0 Å². The Hall–Kier alpha value is -1.88. The second-order valence-electron chi connectivity index (χ2n) is 6.47. The molecule has 2 aliphatic rings. The lowest BCUT2D eigenvalue weighted by atomic mass is 9.98. The molecule has 0 bridgehead atoms. The van der Waals surface area contributed by atoms with E-state index in [-0.39, 0.29) is 5.91 Å². The molecule has 0 aromatic carbocycles. The summed E-state index contributed by atoms with van der Waals surface area (Å²) in [6.45, 7) is 4.04. The molecule has 1 atom stereocenters. The quantitative estimate of drug-likeness (QED) is 0.802. The summed E-state index contributed by atoms with van der Waals surface area (Å²) >= 11 is 0. The number of rotatable bonds is 4. The highest BCUT2D eigenvalue weighted by molar-refractivity contribution is 5.72. The fourth-order valence-corrected chi connectivity index (χ4v) is 3.22. The maximum absolute atomic E-state index is 11.3. The van der Waals surface area contributed by atoms with Crippen LogP contribution in [-0.2, 0) is 11.3 Å². The van der Waals surface area contributed by atoms with Gasteiger partial charge in [0.25, 0.3) is 0 Å². The van der Waals surface area contributed by atoms with Crippen molar-refractivity contribution in [3.05, 3.63) is 35.7 Å². The predicted octanol–water partition coefficient (Wildman–Crippen LogP) is 2.85. The van der Waals surface area contributed by atoms with Crippen LogP contribution in [-0.4, -0.2) is 47.0 Å². The van der Waals surface area contributed by atoms with Crippen LogP contribution in [0.1, 0.15) is 44.1 Å². The number of allylic oxidation sites excluding steroid dienone is 1. The Labute approximate surface area is 137 Å². The van der Waals surface area contributed by atoms with Gasteiger partial charge in [-0.3, -0.25) is 9.69 Å². The Morgan fingerprint density at radius 3 is 3.09 bits per heavy atom. The van der Waals surface area contributed by atoms with E-state index in [2.05, 4.69) is 28.3 Å². The molecule has 5 nitrogen and oxygen atoms in total. The van der Waals surface area contributed by atoms with Gasteiger partial charge in [0.2, 0.25) is 5.91 Å². The molecular formula is C18H25N3O2. The van der Waals surface area contributed by atoms with Crippen LogP contribution in [0.2, 0.25) is 0 Å². The maximum atomic E-state index is 11.3. The van der Waals surface area contributed by atoms with Crippen LogP contribution in [0.5, 0.6) is 0 Å². The van der Waals surface area contributed by atoms with Crippen LogP contribution < -0.4 is 0 Å². The summed E-state index contributed by atoms with van der Waals surface area (Å²) in [5.41, 5.74) is 2.14. The van der Waals surface area contributed by atoms with E-state index < -0.39 is 0 Å². The molecule has 0 saturated heterocycles. The minimum Gasteiger partial charge on any atom is -0.359 e. The van der Waals surface area contributed by atoms with Crippen molar-refractivity contribution >= 4 is 11.5 Å². The van der Waals surface area contributed by atoms with Gasteiger partial charge in [-0.25, -0.2) is 0 Å². The molecule has 1 amide bonds. The minimum absolute atomic E-state index is 0.0232. The van der Waals surface area contributed by atoms with E-state index in [9.17, 15) is 4.79 Å². The van der Waals surface area contributed by atoms with Gasteiger partial charge in [-0.1, -0.05) is 23.4 Å². The van der Waals surface area contributed by atoms with Crippen LogP contribution in [0.4, 0.5) is 0 Å². The monoisotopic (exact) mass is 315 g/mol. The van der Waals surface area contributed by atoms with Gasteiger partial charge >= 0.3 is 0 Å². The maximum Gasteiger partial charge on any atom is 0.219 e. The van der Waals surface area contributed by atoms with Crippen molar-refractivity contribution < 1.29 is 9.32 Å². The third-order valence-corrected chi connectivity index (χ3v) is 4.70. The van der Waals surface area contributed by atoms with E-state index in [0.717, 1.165) is 31.0 Å². The van der Waals surface area contributed by atoms with E-state index in [4.69, 9.17) is 4.52 Å². The highest BCUT2D eigenvalue weighted by Gasteiger charge is 2.23. The third-order valence-electron chi connectivity index (χ3n) is 4.70. The first-order valence-electron chi connectivity index (χ1n) is 8.41. The van der Waals surface area contributed by atoms with Gasteiger partial charge < -0.3 is 9.42 Å². The van der Waals surface area contributed by atoms with Gasteiger partial charge in [-0.15, -0.1) is 0 Å². The Balaban J connectivity index is 1.66.